The first kappa shape index (κ1) is 44.4. The lowest BCUT2D eigenvalue weighted by Crippen LogP contribution is -2.25. The second-order valence-electron chi connectivity index (χ2n) is 12.1. The highest BCUT2D eigenvalue weighted by atomic mass is 16.4. The molecular formula is C36H68O8. The van der Waals surface area contributed by atoms with E-state index < -0.39 is 36.4 Å². The fraction of sp³-hybridized carbons (Fsp3) is 0.833. The second kappa shape index (κ2) is 34.1. The van der Waals surface area contributed by atoms with Crippen LogP contribution < -0.4 is 0 Å². The number of carboxylic acid groups (broad SMARTS) is 2. The van der Waals surface area contributed by atoms with Gasteiger partial charge in [-0.2, -0.15) is 0 Å². The van der Waals surface area contributed by atoms with Gasteiger partial charge in [0.2, 0.25) is 0 Å². The van der Waals surface area contributed by atoms with Gasteiger partial charge >= 0.3 is 11.9 Å². The van der Waals surface area contributed by atoms with E-state index >= 15 is 0 Å². The van der Waals surface area contributed by atoms with Crippen LogP contribution in [0.1, 0.15) is 168 Å². The van der Waals surface area contributed by atoms with Crippen LogP contribution in [0.25, 0.3) is 0 Å². The minimum atomic E-state index is -0.710. The Morgan fingerprint density at radius 2 is 0.795 bits per heavy atom. The summed E-state index contributed by atoms with van der Waals surface area (Å²) in [6.07, 6.45) is 27.0. The molecule has 0 aliphatic heterocycles. The van der Waals surface area contributed by atoms with Crippen molar-refractivity contribution in [2.75, 3.05) is 0 Å². The van der Waals surface area contributed by atoms with Crippen molar-refractivity contribution in [3.63, 3.8) is 0 Å². The van der Waals surface area contributed by atoms with Gasteiger partial charge < -0.3 is 30.6 Å². The lowest BCUT2D eigenvalue weighted by Gasteiger charge is -2.15. The third-order valence-electron chi connectivity index (χ3n) is 7.71. The van der Waals surface area contributed by atoms with Crippen LogP contribution in [0.15, 0.2) is 24.3 Å². The van der Waals surface area contributed by atoms with E-state index in [4.69, 9.17) is 10.2 Å². The maximum Gasteiger partial charge on any atom is 0.303 e. The minimum absolute atomic E-state index is 0.276. The number of aliphatic carboxylic acids is 2. The molecule has 6 N–H and O–H groups in total. The lowest BCUT2D eigenvalue weighted by molar-refractivity contribution is -0.138. The summed E-state index contributed by atoms with van der Waals surface area (Å²) in [5.41, 5.74) is 0. The molecule has 0 saturated heterocycles. The number of allylic oxidation sites excluding steroid dienone is 2. The third-order valence-corrected chi connectivity index (χ3v) is 7.71. The van der Waals surface area contributed by atoms with Gasteiger partial charge in [0.15, 0.2) is 0 Å². The Balaban J connectivity index is 0. The van der Waals surface area contributed by atoms with E-state index in [9.17, 15) is 30.0 Å². The van der Waals surface area contributed by atoms with E-state index in [1.54, 1.807) is 0 Å². The number of aliphatic hydroxyl groups is 4. The fourth-order valence-electron chi connectivity index (χ4n) is 4.75. The molecule has 0 aromatic heterocycles. The molecule has 0 aromatic rings. The Bertz CT molecular complexity index is 636. The van der Waals surface area contributed by atoms with Gasteiger partial charge in [-0.05, 0) is 64.2 Å². The number of hydrogen-bond acceptors (Lipinski definition) is 6. The summed E-state index contributed by atoms with van der Waals surface area (Å²) in [7, 11) is 0. The van der Waals surface area contributed by atoms with Crippen LogP contribution in [-0.2, 0) is 9.59 Å². The predicted molar refractivity (Wildman–Crippen MR) is 180 cm³/mol. The fourth-order valence-corrected chi connectivity index (χ4v) is 4.75. The average molecular weight is 629 g/mol. The number of hydrogen-bond donors (Lipinski definition) is 6. The monoisotopic (exact) mass is 628 g/mol. The zero-order valence-corrected chi connectivity index (χ0v) is 28.1. The number of aliphatic hydroxyl groups excluding tert-OH is 4. The van der Waals surface area contributed by atoms with Gasteiger partial charge in [-0.25, -0.2) is 0 Å². The first-order chi connectivity index (χ1) is 21.1. The number of unbranched alkanes of at least 4 members (excludes halogenated alkanes) is 14. The second-order valence-corrected chi connectivity index (χ2v) is 12.1. The van der Waals surface area contributed by atoms with Crippen LogP contribution in [0.2, 0.25) is 0 Å². The molecule has 0 fully saturated rings. The SMILES string of the molecule is CCCCCC(O)C(O)C/C=C\CCCCCCCC(=O)O.CCCCCC(O)C(O)C/C=C\CCCCCCCC(=O)O. The van der Waals surface area contributed by atoms with Crippen molar-refractivity contribution < 1.29 is 40.2 Å². The van der Waals surface area contributed by atoms with Crippen molar-refractivity contribution in [2.45, 2.75) is 192 Å². The molecule has 0 aliphatic carbocycles. The lowest BCUT2D eigenvalue weighted by atomic mass is 10.0. The van der Waals surface area contributed by atoms with Crippen molar-refractivity contribution in [1.82, 2.24) is 0 Å². The van der Waals surface area contributed by atoms with Gasteiger partial charge in [0, 0.05) is 12.8 Å². The Morgan fingerprint density at radius 3 is 1.14 bits per heavy atom. The molecule has 0 amide bonds. The maximum atomic E-state index is 10.3. The van der Waals surface area contributed by atoms with E-state index in [0.717, 1.165) is 116 Å². The molecule has 0 saturated carbocycles. The normalized spacial score (nSPS) is 14.3. The smallest absolute Gasteiger partial charge is 0.303 e. The molecule has 0 radical (unpaired) electrons. The number of carbonyl (C=O) groups is 2. The van der Waals surface area contributed by atoms with Crippen molar-refractivity contribution in [3.8, 4) is 0 Å². The summed E-state index contributed by atoms with van der Waals surface area (Å²) in [5, 5.41) is 56.2. The van der Waals surface area contributed by atoms with E-state index in [1.807, 2.05) is 12.2 Å². The molecule has 0 bridgehead atoms. The van der Waals surface area contributed by atoms with E-state index in [0.29, 0.717) is 25.7 Å². The van der Waals surface area contributed by atoms with Crippen molar-refractivity contribution >= 4 is 11.9 Å². The Kier molecular flexibility index (Phi) is 34.4. The average Bonchev–Trinajstić information content (AvgIpc) is 2.98. The van der Waals surface area contributed by atoms with Gasteiger partial charge in [0.25, 0.3) is 0 Å². The van der Waals surface area contributed by atoms with E-state index in [-0.39, 0.29) is 12.8 Å². The highest BCUT2D eigenvalue weighted by molar-refractivity contribution is 5.66. The first-order valence-corrected chi connectivity index (χ1v) is 17.6. The highest BCUT2D eigenvalue weighted by Gasteiger charge is 2.14. The molecule has 0 heterocycles. The van der Waals surface area contributed by atoms with Gasteiger partial charge in [0.05, 0.1) is 24.4 Å². The van der Waals surface area contributed by atoms with Crippen LogP contribution in [0.4, 0.5) is 0 Å². The van der Waals surface area contributed by atoms with Crippen molar-refractivity contribution in [2.24, 2.45) is 0 Å². The molecule has 8 heteroatoms. The molecule has 0 aromatic carbocycles. The van der Waals surface area contributed by atoms with Gasteiger partial charge in [-0.3, -0.25) is 9.59 Å². The molecular weight excluding hydrogens is 560 g/mol. The summed E-state index contributed by atoms with van der Waals surface area (Å²) >= 11 is 0. The largest absolute Gasteiger partial charge is 0.481 e. The zero-order valence-electron chi connectivity index (χ0n) is 28.1. The Hall–Kier alpha value is -1.74. The molecule has 4 unspecified atom stereocenters. The van der Waals surface area contributed by atoms with E-state index in [2.05, 4.69) is 26.0 Å². The number of carboxylic acids is 2. The Morgan fingerprint density at radius 1 is 0.455 bits per heavy atom. The van der Waals surface area contributed by atoms with Gasteiger partial charge in [-0.1, -0.05) is 115 Å². The summed E-state index contributed by atoms with van der Waals surface area (Å²) in [6.45, 7) is 4.25. The summed E-state index contributed by atoms with van der Waals surface area (Å²) < 4.78 is 0. The van der Waals surface area contributed by atoms with Gasteiger partial charge in [0.1, 0.15) is 0 Å². The molecule has 8 nitrogen and oxygen atoms in total. The predicted octanol–water partition coefficient (Wildman–Crippen LogP) is 8.10. The van der Waals surface area contributed by atoms with Crippen LogP contribution in [0.5, 0.6) is 0 Å². The summed E-state index contributed by atoms with van der Waals surface area (Å²) in [4.78, 5) is 20.7. The summed E-state index contributed by atoms with van der Waals surface area (Å²) in [6, 6.07) is 0. The molecule has 0 aliphatic rings. The zero-order chi connectivity index (χ0) is 33.3. The number of rotatable bonds is 30. The molecule has 44 heavy (non-hydrogen) atoms. The summed E-state index contributed by atoms with van der Waals surface area (Å²) in [5.74, 6) is -1.42. The van der Waals surface area contributed by atoms with Crippen LogP contribution >= 0.6 is 0 Å². The van der Waals surface area contributed by atoms with Crippen molar-refractivity contribution in [1.29, 1.82) is 0 Å². The maximum absolute atomic E-state index is 10.3. The van der Waals surface area contributed by atoms with Gasteiger partial charge in [-0.15, -0.1) is 0 Å². The molecule has 260 valence electrons. The van der Waals surface area contributed by atoms with Crippen molar-refractivity contribution in [3.05, 3.63) is 24.3 Å². The quantitative estimate of drug-likeness (QED) is 0.0344. The molecule has 4 atom stereocenters. The van der Waals surface area contributed by atoms with Crippen LogP contribution in [0.3, 0.4) is 0 Å². The van der Waals surface area contributed by atoms with Crippen LogP contribution in [-0.4, -0.2) is 67.0 Å². The molecule has 0 rings (SSSR count). The first-order valence-electron chi connectivity index (χ1n) is 17.6. The van der Waals surface area contributed by atoms with E-state index in [1.165, 1.54) is 0 Å². The highest BCUT2D eigenvalue weighted by Crippen LogP contribution is 2.13. The minimum Gasteiger partial charge on any atom is -0.481 e. The standard InChI is InChI=1S/2C18H34O4/c2*1-2-3-10-13-16(19)17(20)14-11-8-6-4-5-7-9-12-15-18(21)22/h2*8,11,16-17,19-20H,2-7,9-10,12-15H2,1H3,(H,21,22)/b2*11-8-. The topological polar surface area (TPSA) is 156 Å². The molecule has 0 spiro atoms. The third kappa shape index (κ3) is 34.7. The Labute approximate surface area is 268 Å². The van der Waals surface area contributed by atoms with Crippen LogP contribution in [0, 0.1) is 0 Å².